The van der Waals surface area contributed by atoms with E-state index in [9.17, 15) is 19.8 Å². The molecule has 0 amide bonds. The Labute approximate surface area is 146 Å². The number of nitrogens with zero attached hydrogens (tertiary/aromatic N) is 2. The fourth-order valence-electron chi connectivity index (χ4n) is 2.71. The summed E-state index contributed by atoms with van der Waals surface area (Å²) < 4.78 is 14.5. The van der Waals surface area contributed by atoms with E-state index in [1.807, 2.05) is 25.1 Å². The topological polar surface area (TPSA) is 91.4 Å². The van der Waals surface area contributed by atoms with Gasteiger partial charge in [-0.2, -0.15) is 3.97 Å². The molecule has 2 unspecified atom stereocenters. The smallest absolute Gasteiger partial charge is 0.256 e. The molecule has 8 heteroatoms. The lowest BCUT2D eigenvalue weighted by atomic mass is 10.1. The standard InChI is InChI=1S/C16H15ClN2O4S/c1-10-2-5-15-13(6-10)11(9-20)8-18(15)24(23)12-3-4-14(17)16(7-12)19(21)22/h2-6,8,16,20H,7,9H2,1H3. The lowest BCUT2D eigenvalue weighted by Gasteiger charge is -2.18. The molecular formula is C16H15ClN2O4S. The highest BCUT2D eigenvalue weighted by Gasteiger charge is 2.34. The predicted molar refractivity (Wildman–Crippen MR) is 93.6 cm³/mol. The molecule has 1 N–H and O–H groups in total. The van der Waals surface area contributed by atoms with Crippen molar-refractivity contribution in [3.05, 3.63) is 67.7 Å². The molecular weight excluding hydrogens is 352 g/mol. The van der Waals surface area contributed by atoms with Gasteiger partial charge in [0.1, 0.15) is 11.4 Å². The van der Waals surface area contributed by atoms with Gasteiger partial charge in [-0.25, -0.2) is 0 Å². The van der Waals surface area contributed by atoms with Crippen LogP contribution in [0.2, 0.25) is 0 Å². The monoisotopic (exact) mass is 366 g/mol. The number of hydrogen-bond acceptors (Lipinski definition) is 4. The quantitative estimate of drug-likeness (QED) is 0.511. The third kappa shape index (κ3) is 2.95. The Hall–Kier alpha value is -1.80. The van der Waals surface area contributed by atoms with Gasteiger partial charge in [0.25, 0.3) is 6.04 Å². The van der Waals surface area contributed by atoms with E-state index < -0.39 is 22.3 Å². The Morgan fingerprint density at radius 2 is 2.21 bits per heavy atom. The van der Waals surface area contributed by atoms with Crippen LogP contribution in [-0.4, -0.2) is 24.6 Å². The fourth-order valence-corrected chi connectivity index (χ4v) is 4.23. The maximum absolute atomic E-state index is 12.9. The van der Waals surface area contributed by atoms with Crippen LogP contribution in [0.15, 0.2) is 46.5 Å². The molecule has 0 saturated heterocycles. The zero-order valence-electron chi connectivity index (χ0n) is 12.8. The number of aromatic nitrogens is 1. The number of aliphatic hydroxyl groups is 1. The highest BCUT2D eigenvalue weighted by molar-refractivity contribution is 7.94. The van der Waals surface area contributed by atoms with Crippen LogP contribution in [-0.2, 0) is 18.0 Å². The molecule has 1 heterocycles. The minimum Gasteiger partial charge on any atom is -0.588 e. The molecule has 0 radical (unpaired) electrons. The first kappa shape index (κ1) is 17.0. The number of nitro groups is 1. The summed E-state index contributed by atoms with van der Waals surface area (Å²) in [6.07, 6.45) is 4.61. The highest BCUT2D eigenvalue weighted by atomic mass is 35.5. The van der Waals surface area contributed by atoms with Gasteiger partial charge in [-0.05, 0) is 31.2 Å². The van der Waals surface area contributed by atoms with Gasteiger partial charge in [0.05, 0.1) is 29.8 Å². The highest BCUT2D eigenvalue weighted by Crippen LogP contribution is 2.31. The maximum atomic E-state index is 12.9. The van der Waals surface area contributed by atoms with Crippen molar-refractivity contribution in [3.63, 3.8) is 0 Å². The van der Waals surface area contributed by atoms with Gasteiger partial charge in [0.15, 0.2) is 4.91 Å². The van der Waals surface area contributed by atoms with Gasteiger partial charge < -0.3 is 9.66 Å². The zero-order valence-corrected chi connectivity index (χ0v) is 14.4. The van der Waals surface area contributed by atoms with Gasteiger partial charge in [-0.3, -0.25) is 10.1 Å². The summed E-state index contributed by atoms with van der Waals surface area (Å²) in [4.78, 5) is 11.0. The fraction of sp³-hybridized carbons (Fsp3) is 0.250. The van der Waals surface area contributed by atoms with Crippen molar-refractivity contribution in [3.8, 4) is 0 Å². The molecule has 0 spiro atoms. The van der Waals surface area contributed by atoms with Gasteiger partial charge in [0, 0.05) is 15.9 Å². The van der Waals surface area contributed by atoms with Crippen molar-refractivity contribution in [2.24, 2.45) is 0 Å². The Balaban J connectivity index is 2.03. The van der Waals surface area contributed by atoms with E-state index in [0.29, 0.717) is 16.0 Å². The summed E-state index contributed by atoms with van der Waals surface area (Å²) in [6.45, 7) is 1.76. The summed E-state index contributed by atoms with van der Waals surface area (Å²) in [6, 6.07) is 4.57. The van der Waals surface area contributed by atoms with Crippen LogP contribution in [0.25, 0.3) is 10.9 Å². The summed E-state index contributed by atoms with van der Waals surface area (Å²) in [7, 11) is 0. The summed E-state index contributed by atoms with van der Waals surface area (Å²) in [5.41, 5.74) is 2.40. The average Bonchev–Trinajstić information content (AvgIpc) is 2.92. The average molecular weight is 367 g/mol. The van der Waals surface area contributed by atoms with Crippen LogP contribution < -0.4 is 0 Å². The number of rotatable bonds is 4. The molecule has 2 atom stereocenters. The van der Waals surface area contributed by atoms with E-state index >= 15 is 0 Å². The predicted octanol–water partition coefficient (Wildman–Crippen LogP) is 3.01. The molecule has 0 fully saturated rings. The Morgan fingerprint density at radius 3 is 2.88 bits per heavy atom. The van der Waals surface area contributed by atoms with E-state index in [2.05, 4.69) is 0 Å². The van der Waals surface area contributed by atoms with E-state index in [4.69, 9.17) is 11.6 Å². The molecule has 2 aromatic rings. The van der Waals surface area contributed by atoms with Crippen molar-refractivity contribution in [1.82, 2.24) is 3.97 Å². The molecule has 126 valence electrons. The summed E-state index contributed by atoms with van der Waals surface area (Å²) >= 11 is 4.24. The minimum atomic E-state index is -1.62. The number of benzene rings is 1. The SMILES string of the molecule is Cc1ccc2c(c1)c(CO)cn2[S+]([O-])C1=CC=C(Cl)C([N+](=O)[O-])C1. The number of aryl methyl sites for hydroxylation is 1. The lowest BCUT2D eigenvalue weighted by Crippen LogP contribution is -2.26. The molecule has 0 saturated carbocycles. The maximum Gasteiger partial charge on any atom is 0.256 e. The van der Waals surface area contributed by atoms with Gasteiger partial charge in [-0.15, -0.1) is 0 Å². The molecule has 0 aliphatic heterocycles. The molecule has 1 aromatic heterocycles. The zero-order chi connectivity index (χ0) is 17.4. The number of fused-ring (bicyclic) bond motifs is 1. The van der Waals surface area contributed by atoms with Crippen molar-refractivity contribution in [1.29, 1.82) is 0 Å². The van der Waals surface area contributed by atoms with Crippen molar-refractivity contribution in [2.45, 2.75) is 26.0 Å². The largest absolute Gasteiger partial charge is 0.588 e. The number of allylic oxidation sites excluding steroid dienone is 2. The van der Waals surface area contributed by atoms with E-state index in [1.165, 1.54) is 10.0 Å². The number of halogens is 1. The first-order valence-corrected chi connectivity index (χ1v) is 8.74. The molecule has 0 bridgehead atoms. The second kappa shape index (κ2) is 6.60. The van der Waals surface area contributed by atoms with Gasteiger partial charge >= 0.3 is 0 Å². The first-order chi connectivity index (χ1) is 11.4. The van der Waals surface area contributed by atoms with Crippen molar-refractivity contribution < 1.29 is 14.6 Å². The van der Waals surface area contributed by atoms with Crippen LogP contribution in [0.1, 0.15) is 17.5 Å². The Bertz CT molecular complexity index is 874. The number of hydrogen-bond donors (Lipinski definition) is 1. The molecule has 1 aliphatic rings. The number of aliphatic hydroxyl groups excluding tert-OH is 1. The Kier molecular flexibility index (Phi) is 4.69. The Morgan fingerprint density at radius 1 is 1.46 bits per heavy atom. The summed E-state index contributed by atoms with van der Waals surface area (Å²) in [5.74, 6) is 0. The minimum absolute atomic E-state index is 0.00502. The first-order valence-electron chi connectivity index (χ1n) is 7.26. The van der Waals surface area contributed by atoms with Crippen LogP contribution in [0, 0.1) is 17.0 Å². The molecule has 24 heavy (non-hydrogen) atoms. The second-order valence-corrected chi connectivity index (χ2v) is 7.45. The second-order valence-electron chi connectivity index (χ2n) is 5.60. The van der Waals surface area contributed by atoms with Gasteiger partial charge in [-0.1, -0.05) is 23.2 Å². The third-order valence-corrected chi connectivity index (χ3v) is 5.77. The van der Waals surface area contributed by atoms with Crippen molar-refractivity contribution >= 4 is 33.9 Å². The van der Waals surface area contributed by atoms with Crippen LogP contribution in [0.4, 0.5) is 0 Å². The molecule has 1 aromatic carbocycles. The van der Waals surface area contributed by atoms with E-state index in [1.54, 1.807) is 12.3 Å². The van der Waals surface area contributed by atoms with E-state index in [0.717, 1.165) is 10.9 Å². The van der Waals surface area contributed by atoms with Crippen LogP contribution >= 0.6 is 11.6 Å². The van der Waals surface area contributed by atoms with E-state index in [-0.39, 0.29) is 18.1 Å². The normalized spacial score (nSPS) is 19.1. The third-order valence-electron chi connectivity index (χ3n) is 3.98. The van der Waals surface area contributed by atoms with Gasteiger partial charge in [0.2, 0.25) is 0 Å². The van der Waals surface area contributed by atoms with Crippen LogP contribution in [0.5, 0.6) is 0 Å². The molecule has 1 aliphatic carbocycles. The lowest BCUT2D eigenvalue weighted by molar-refractivity contribution is -0.509. The van der Waals surface area contributed by atoms with Crippen LogP contribution in [0.3, 0.4) is 0 Å². The molecule has 3 rings (SSSR count). The van der Waals surface area contributed by atoms with Crippen molar-refractivity contribution in [2.75, 3.05) is 0 Å². The summed E-state index contributed by atoms with van der Waals surface area (Å²) in [5, 5.41) is 21.6. The molecule has 6 nitrogen and oxygen atoms in total.